The second kappa shape index (κ2) is 4.31. The van der Waals surface area contributed by atoms with Gasteiger partial charge in [0.15, 0.2) is 0 Å². The molecule has 4 nitrogen and oxygen atoms in total. The van der Waals surface area contributed by atoms with Crippen molar-refractivity contribution in [1.29, 1.82) is 5.26 Å². The Morgan fingerprint density at radius 1 is 1.64 bits per heavy atom. The van der Waals surface area contributed by atoms with Crippen LogP contribution < -0.4 is 4.72 Å². The van der Waals surface area contributed by atoms with Crippen LogP contribution in [0.1, 0.15) is 19.8 Å². The molecule has 1 N–H and O–H groups in total. The number of sulfonamides is 1. The van der Waals surface area contributed by atoms with Crippen LogP contribution in [0.2, 0.25) is 0 Å². The quantitative estimate of drug-likeness (QED) is 0.666. The summed E-state index contributed by atoms with van der Waals surface area (Å²) in [4.78, 5) is 0. The molecule has 0 amide bonds. The summed E-state index contributed by atoms with van der Waals surface area (Å²) >= 11 is 0. The largest absolute Gasteiger partial charge is 0.213 e. The van der Waals surface area contributed by atoms with Gasteiger partial charge < -0.3 is 0 Å². The Bertz CT molecular complexity index is 240. The summed E-state index contributed by atoms with van der Waals surface area (Å²) in [5.41, 5.74) is 0. The molecular formula is C6H12N2O2S. The average Bonchev–Trinajstić information content (AvgIpc) is 1.84. The first-order valence-electron chi connectivity index (χ1n) is 3.34. The number of nitrogens with zero attached hydrogens (tertiary/aromatic N) is 1. The van der Waals surface area contributed by atoms with Crippen molar-refractivity contribution >= 4 is 10.0 Å². The summed E-state index contributed by atoms with van der Waals surface area (Å²) < 4.78 is 23.7. The standard InChI is InChI=1S/C6H12N2O2S/c1-3-6(4-5-7)8-11(2,9)10/h6,8H,3-4H2,1-2H3. The summed E-state index contributed by atoms with van der Waals surface area (Å²) in [6.45, 7) is 1.83. The minimum absolute atomic E-state index is 0.226. The van der Waals surface area contributed by atoms with Crippen molar-refractivity contribution < 1.29 is 8.42 Å². The second-order valence-electron chi connectivity index (χ2n) is 2.36. The molecule has 0 aliphatic rings. The summed E-state index contributed by atoms with van der Waals surface area (Å²) in [6.07, 6.45) is 1.96. The van der Waals surface area contributed by atoms with E-state index >= 15 is 0 Å². The number of nitrogens with one attached hydrogen (secondary N) is 1. The zero-order chi connectivity index (χ0) is 8.91. The van der Waals surface area contributed by atoms with E-state index in [1.54, 1.807) is 0 Å². The molecule has 0 aromatic heterocycles. The highest BCUT2D eigenvalue weighted by atomic mass is 32.2. The molecule has 5 heteroatoms. The van der Waals surface area contributed by atoms with E-state index in [4.69, 9.17) is 5.26 Å². The summed E-state index contributed by atoms with van der Waals surface area (Å²) in [5, 5.41) is 8.28. The van der Waals surface area contributed by atoms with Crippen molar-refractivity contribution in [2.45, 2.75) is 25.8 Å². The molecule has 0 saturated heterocycles. The Hall–Kier alpha value is -0.600. The van der Waals surface area contributed by atoms with E-state index in [1.807, 2.05) is 13.0 Å². The first kappa shape index (κ1) is 10.4. The molecule has 0 aliphatic heterocycles. The molecule has 64 valence electrons. The van der Waals surface area contributed by atoms with Crippen LogP contribution >= 0.6 is 0 Å². The second-order valence-corrected chi connectivity index (χ2v) is 4.14. The summed E-state index contributed by atoms with van der Waals surface area (Å²) in [7, 11) is -3.16. The highest BCUT2D eigenvalue weighted by molar-refractivity contribution is 7.88. The van der Waals surface area contributed by atoms with Crippen LogP contribution in [0, 0.1) is 11.3 Å². The monoisotopic (exact) mass is 176 g/mol. The first-order valence-corrected chi connectivity index (χ1v) is 5.23. The molecule has 0 spiro atoms. The maximum atomic E-state index is 10.7. The number of hydrogen-bond donors (Lipinski definition) is 1. The third kappa shape index (κ3) is 5.83. The summed E-state index contributed by atoms with van der Waals surface area (Å²) in [6, 6.07) is 1.67. The van der Waals surface area contributed by atoms with Crippen LogP contribution in [0.5, 0.6) is 0 Å². The fourth-order valence-corrected chi connectivity index (χ4v) is 1.54. The molecule has 0 aromatic rings. The SMILES string of the molecule is CCC(CC#N)NS(C)(=O)=O. The van der Waals surface area contributed by atoms with Crippen molar-refractivity contribution in [3.05, 3.63) is 0 Å². The van der Waals surface area contributed by atoms with Gasteiger partial charge in [0.1, 0.15) is 0 Å². The number of nitriles is 1. The van der Waals surface area contributed by atoms with Gasteiger partial charge >= 0.3 is 0 Å². The Morgan fingerprint density at radius 2 is 2.18 bits per heavy atom. The highest BCUT2D eigenvalue weighted by Crippen LogP contribution is 1.96. The van der Waals surface area contributed by atoms with Crippen LogP contribution in [0.25, 0.3) is 0 Å². The average molecular weight is 176 g/mol. The van der Waals surface area contributed by atoms with Gasteiger partial charge in [0, 0.05) is 6.04 Å². The Labute approximate surface area is 67.3 Å². The highest BCUT2D eigenvalue weighted by Gasteiger charge is 2.10. The van der Waals surface area contributed by atoms with E-state index in [1.165, 1.54) is 0 Å². The van der Waals surface area contributed by atoms with Gasteiger partial charge in [-0.3, -0.25) is 0 Å². The Kier molecular flexibility index (Phi) is 4.08. The van der Waals surface area contributed by atoms with Gasteiger partial charge in [0.2, 0.25) is 10.0 Å². The van der Waals surface area contributed by atoms with Crippen LogP contribution in [0.3, 0.4) is 0 Å². The van der Waals surface area contributed by atoms with E-state index in [0.29, 0.717) is 6.42 Å². The lowest BCUT2D eigenvalue weighted by Gasteiger charge is -2.10. The normalized spacial score (nSPS) is 13.9. The molecule has 0 aromatic carbocycles. The van der Waals surface area contributed by atoms with Crippen molar-refractivity contribution in [2.24, 2.45) is 0 Å². The minimum atomic E-state index is -3.16. The van der Waals surface area contributed by atoms with E-state index < -0.39 is 10.0 Å². The molecule has 0 aliphatic carbocycles. The van der Waals surface area contributed by atoms with E-state index in [9.17, 15) is 8.42 Å². The molecule has 0 fully saturated rings. The van der Waals surface area contributed by atoms with E-state index in [0.717, 1.165) is 6.26 Å². The predicted molar refractivity (Wildman–Crippen MR) is 42.3 cm³/mol. The summed E-state index contributed by atoms with van der Waals surface area (Å²) in [5.74, 6) is 0. The molecular weight excluding hydrogens is 164 g/mol. The van der Waals surface area contributed by atoms with Gasteiger partial charge in [-0.25, -0.2) is 13.1 Å². The number of rotatable bonds is 4. The molecule has 1 atom stereocenters. The zero-order valence-electron chi connectivity index (χ0n) is 6.66. The fraction of sp³-hybridized carbons (Fsp3) is 0.833. The Morgan fingerprint density at radius 3 is 2.45 bits per heavy atom. The minimum Gasteiger partial charge on any atom is -0.213 e. The van der Waals surface area contributed by atoms with Gasteiger partial charge in [0.05, 0.1) is 18.7 Å². The van der Waals surface area contributed by atoms with Crippen LogP contribution in [-0.4, -0.2) is 20.7 Å². The van der Waals surface area contributed by atoms with E-state index in [-0.39, 0.29) is 12.5 Å². The smallest absolute Gasteiger partial charge is 0.208 e. The molecule has 11 heavy (non-hydrogen) atoms. The van der Waals surface area contributed by atoms with Gasteiger partial charge in [0.25, 0.3) is 0 Å². The fourth-order valence-electron chi connectivity index (χ4n) is 0.682. The zero-order valence-corrected chi connectivity index (χ0v) is 7.48. The van der Waals surface area contributed by atoms with Crippen molar-refractivity contribution in [2.75, 3.05) is 6.26 Å². The molecule has 1 unspecified atom stereocenters. The van der Waals surface area contributed by atoms with Crippen molar-refractivity contribution in [1.82, 2.24) is 4.72 Å². The van der Waals surface area contributed by atoms with Crippen LogP contribution in [0.4, 0.5) is 0 Å². The van der Waals surface area contributed by atoms with Gasteiger partial charge in [-0.05, 0) is 6.42 Å². The molecule has 0 rings (SSSR count). The third-order valence-electron chi connectivity index (χ3n) is 1.21. The number of hydrogen-bond acceptors (Lipinski definition) is 3. The lowest BCUT2D eigenvalue weighted by atomic mass is 10.2. The first-order chi connectivity index (χ1) is 4.99. The lowest BCUT2D eigenvalue weighted by molar-refractivity contribution is 0.548. The van der Waals surface area contributed by atoms with Crippen molar-refractivity contribution in [3.63, 3.8) is 0 Å². The van der Waals surface area contributed by atoms with Crippen LogP contribution in [-0.2, 0) is 10.0 Å². The topological polar surface area (TPSA) is 70.0 Å². The maximum absolute atomic E-state index is 10.7. The Balaban J connectivity index is 4.01. The van der Waals surface area contributed by atoms with Gasteiger partial charge in [-0.15, -0.1) is 0 Å². The van der Waals surface area contributed by atoms with Crippen LogP contribution in [0.15, 0.2) is 0 Å². The van der Waals surface area contributed by atoms with E-state index in [2.05, 4.69) is 4.72 Å². The molecule has 0 heterocycles. The molecule has 0 saturated carbocycles. The maximum Gasteiger partial charge on any atom is 0.208 e. The molecule has 0 radical (unpaired) electrons. The van der Waals surface area contributed by atoms with Gasteiger partial charge in [-0.1, -0.05) is 6.92 Å². The molecule has 0 bridgehead atoms. The van der Waals surface area contributed by atoms with Gasteiger partial charge in [-0.2, -0.15) is 5.26 Å². The third-order valence-corrected chi connectivity index (χ3v) is 1.97. The van der Waals surface area contributed by atoms with Crippen molar-refractivity contribution in [3.8, 4) is 6.07 Å². The predicted octanol–water partition coefficient (Wildman–Crippen LogP) is 0.228. The lowest BCUT2D eigenvalue weighted by Crippen LogP contribution is -2.33.